The zero-order valence-electron chi connectivity index (χ0n) is 15.8. The Kier molecular flexibility index (Phi) is 5.11. The van der Waals surface area contributed by atoms with Gasteiger partial charge in [0.25, 0.3) is 0 Å². The molecule has 4 rings (SSSR count). The summed E-state index contributed by atoms with van der Waals surface area (Å²) < 4.78 is 0. The van der Waals surface area contributed by atoms with Crippen molar-refractivity contribution in [1.82, 2.24) is 14.7 Å². The second-order valence-corrected chi connectivity index (χ2v) is 8.89. The van der Waals surface area contributed by atoms with Gasteiger partial charge in [-0.05, 0) is 70.3 Å². The molecule has 1 aliphatic heterocycles. The van der Waals surface area contributed by atoms with Crippen molar-refractivity contribution in [3.63, 3.8) is 0 Å². The molecule has 0 atom stereocenters. The quantitative estimate of drug-likeness (QED) is 0.807. The lowest BCUT2D eigenvalue weighted by molar-refractivity contribution is 0.0159. The molecule has 3 aliphatic rings. The van der Waals surface area contributed by atoms with E-state index >= 15 is 0 Å². The highest BCUT2D eigenvalue weighted by Gasteiger charge is 2.46. The van der Waals surface area contributed by atoms with Crippen LogP contribution in [0.2, 0.25) is 5.02 Å². The van der Waals surface area contributed by atoms with Gasteiger partial charge in [0.15, 0.2) is 0 Å². The SMILES string of the molecule is CN1CCN(C2CCC(c3ccc(Cl)cc3)(N(C)C3CC3)CC2)CC1. The van der Waals surface area contributed by atoms with E-state index < -0.39 is 0 Å². The van der Waals surface area contributed by atoms with Crippen LogP contribution >= 0.6 is 11.6 Å². The summed E-state index contributed by atoms with van der Waals surface area (Å²) in [4.78, 5) is 7.91. The third-order valence-electron chi connectivity index (χ3n) is 6.99. The number of hydrogen-bond donors (Lipinski definition) is 0. The first-order valence-corrected chi connectivity index (χ1v) is 10.4. The minimum Gasteiger partial charge on any atom is -0.304 e. The van der Waals surface area contributed by atoms with Crippen molar-refractivity contribution < 1.29 is 0 Å². The number of piperazine rings is 1. The van der Waals surface area contributed by atoms with Crippen LogP contribution in [0.15, 0.2) is 24.3 Å². The van der Waals surface area contributed by atoms with Crippen LogP contribution in [0.4, 0.5) is 0 Å². The van der Waals surface area contributed by atoms with E-state index in [1.807, 2.05) is 0 Å². The van der Waals surface area contributed by atoms with Crippen LogP contribution in [0.3, 0.4) is 0 Å². The maximum Gasteiger partial charge on any atom is 0.0461 e. The molecule has 25 heavy (non-hydrogen) atoms. The zero-order chi connectivity index (χ0) is 17.4. The molecule has 138 valence electrons. The van der Waals surface area contributed by atoms with Crippen molar-refractivity contribution in [3.8, 4) is 0 Å². The average molecular weight is 362 g/mol. The molecule has 4 heteroatoms. The summed E-state index contributed by atoms with van der Waals surface area (Å²) in [5.74, 6) is 0. The van der Waals surface area contributed by atoms with Crippen LogP contribution in [-0.2, 0) is 5.54 Å². The molecule has 0 bridgehead atoms. The van der Waals surface area contributed by atoms with Crippen LogP contribution in [0.1, 0.15) is 44.1 Å². The van der Waals surface area contributed by atoms with Gasteiger partial charge in [-0.3, -0.25) is 9.80 Å². The Morgan fingerprint density at radius 1 is 0.960 bits per heavy atom. The van der Waals surface area contributed by atoms with Crippen molar-refractivity contribution >= 4 is 11.6 Å². The standard InChI is InChI=1S/C21H32ClN3/c1-23-13-15-25(16-14-23)20-9-11-21(12-10-20,24(2)19-7-8-19)17-3-5-18(22)6-4-17/h3-6,19-20H,7-16H2,1-2H3. The lowest BCUT2D eigenvalue weighted by atomic mass is 9.73. The van der Waals surface area contributed by atoms with Crippen LogP contribution in [-0.4, -0.2) is 67.1 Å². The van der Waals surface area contributed by atoms with Crippen molar-refractivity contribution in [2.75, 3.05) is 40.3 Å². The summed E-state index contributed by atoms with van der Waals surface area (Å²) in [7, 11) is 4.61. The molecule has 1 heterocycles. The van der Waals surface area contributed by atoms with Gasteiger partial charge < -0.3 is 4.90 Å². The second-order valence-electron chi connectivity index (χ2n) is 8.45. The molecule has 2 saturated carbocycles. The van der Waals surface area contributed by atoms with Crippen molar-refractivity contribution in [3.05, 3.63) is 34.9 Å². The van der Waals surface area contributed by atoms with Crippen molar-refractivity contribution in [2.45, 2.75) is 56.1 Å². The van der Waals surface area contributed by atoms with Crippen LogP contribution in [0.25, 0.3) is 0 Å². The molecule has 0 amide bonds. The van der Waals surface area contributed by atoms with Gasteiger partial charge in [0.2, 0.25) is 0 Å². The Morgan fingerprint density at radius 3 is 2.12 bits per heavy atom. The van der Waals surface area contributed by atoms with Gasteiger partial charge in [0.05, 0.1) is 0 Å². The molecule has 0 aromatic heterocycles. The van der Waals surface area contributed by atoms with Crippen LogP contribution in [0.5, 0.6) is 0 Å². The highest BCUT2D eigenvalue weighted by Crippen LogP contribution is 2.47. The molecular formula is C21H32ClN3. The zero-order valence-corrected chi connectivity index (χ0v) is 16.5. The monoisotopic (exact) mass is 361 g/mol. The minimum atomic E-state index is 0.217. The van der Waals surface area contributed by atoms with Gasteiger partial charge in [-0.15, -0.1) is 0 Å². The largest absolute Gasteiger partial charge is 0.304 e. The molecule has 0 radical (unpaired) electrons. The Bertz CT molecular complexity index is 567. The van der Waals surface area contributed by atoms with E-state index in [1.165, 1.54) is 70.3 Å². The molecule has 1 aromatic carbocycles. The van der Waals surface area contributed by atoms with Gasteiger partial charge in [0, 0.05) is 48.8 Å². The summed E-state index contributed by atoms with van der Waals surface area (Å²) in [6.07, 6.45) is 7.94. The number of nitrogens with zero attached hydrogens (tertiary/aromatic N) is 3. The molecule has 2 aliphatic carbocycles. The highest BCUT2D eigenvalue weighted by molar-refractivity contribution is 6.30. The number of halogens is 1. The maximum atomic E-state index is 6.16. The molecular weight excluding hydrogens is 330 g/mol. The van der Waals surface area contributed by atoms with Gasteiger partial charge in [-0.1, -0.05) is 23.7 Å². The Balaban J connectivity index is 1.50. The lowest BCUT2D eigenvalue weighted by Crippen LogP contribution is -2.54. The Hall–Kier alpha value is -0.610. The topological polar surface area (TPSA) is 9.72 Å². The summed E-state index contributed by atoms with van der Waals surface area (Å²) in [5, 5.41) is 0.846. The molecule has 3 fully saturated rings. The van der Waals surface area contributed by atoms with E-state index in [0.717, 1.165) is 17.1 Å². The fourth-order valence-corrected chi connectivity index (χ4v) is 5.17. The predicted molar refractivity (Wildman–Crippen MR) is 105 cm³/mol. The van der Waals surface area contributed by atoms with E-state index in [-0.39, 0.29) is 5.54 Å². The number of likely N-dealkylation sites (N-methyl/N-ethyl adjacent to an activating group) is 1. The van der Waals surface area contributed by atoms with Gasteiger partial charge >= 0.3 is 0 Å². The number of benzene rings is 1. The molecule has 1 saturated heterocycles. The minimum absolute atomic E-state index is 0.217. The molecule has 0 N–H and O–H groups in total. The van der Waals surface area contributed by atoms with Crippen LogP contribution < -0.4 is 0 Å². The molecule has 1 aromatic rings. The van der Waals surface area contributed by atoms with E-state index in [4.69, 9.17) is 11.6 Å². The van der Waals surface area contributed by atoms with Gasteiger partial charge in [-0.25, -0.2) is 0 Å². The number of hydrogen-bond acceptors (Lipinski definition) is 3. The highest BCUT2D eigenvalue weighted by atomic mass is 35.5. The third kappa shape index (κ3) is 3.62. The smallest absolute Gasteiger partial charge is 0.0461 e. The Labute approximate surface area is 157 Å². The molecule has 0 spiro atoms. The third-order valence-corrected chi connectivity index (χ3v) is 7.24. The lowest BCUT2D eigenvalue weighted by Gasteiger charge is -2.50. The van der Waals surface area contributed by atoms with Crippen molar-refractivity contribution in [2.24, 2.45) is 0 Å². The predicted octanol–water partition coefficient (Wildman–Crippen LogP) is 3.82. The van der Waals surface area contributed by atoms with Crippen molar-refractivity contribution in [1.29, 1.82) is 0 Å². The van der Waals surface area contributed by atoms with E-state index in [2.05, 4.69) is 53.1 Å². The fraction of sp³-hybridized carbons (Fsp3) is 0.714. The van der Waals surface area contributed by atoms with Crippen LogP contribution in [0, 0.1) is 0 Å². The normalized spacial score (nSPS) is 32.2. The molecule has 0 unspecified atom stereocenters. The van der Waals surface area contributed by atoms with Gasteiger partial charge in [-0.2, -0.15) is 0 Å². The summed E-state index contributed by atoms with van der Waals surface area (Å²) in [5.41, 5.74) is 1.69. The van der Waals surface area contributed by atoms with Gasteiger partial charge in [0.1, 0.15) is 0 Å². The second kappa shape index (κ2) is 7.19. The van der Waals surface area contributed by atoms with E-state index in [9.17, 15) is 0 Å². The average Bonchev–Trinajstić information content (AvgIpc) is 3.48. The first-order chi connectivity index (χ1) is 12.1. The van der Waals surface area contributed by atoms with E-state index in [1.54, 1.807) is 0 Å². The Morgan fingerprint density at radius 2 is 1.56 bits per heavy atom. The number of rotatable bonds is 4. The summed E-state index contributed by atoms with van der Waals surface area (Å²) in [6.45, 7) is 4.93. The first kappa shape index (κ1) is 17.8. The molecule has 3 nitrogen and oxygen atoms in total. The fourth-order valence-electron chi connectivity index (χ4n) is 5.05. The maximum absolute atomic E-state index is 6.16. The first-order valence-electron chi connectivity index (χ1n) is 10.00. The van der Waals surface area contributed by atoms with E-state index in [0.29, 0.717) is 0 Å². The summed E-state index contributed by atoms with van der Waals surface area (Å²) >= 11 is 6.16. The summed E-state index contributed by atoms with van der Waals surface area (Å²) in [6, 6.07) is 10.3.